The number of rotatable bonds is 23. The van der Waals surface area contributed by atoms with Gasteiger partial charge in [0.25, 0.3) is 0 Å². The summed E-state index contributed by atoms with van der Waals surface area (Å²) in [5, 5.41) is 20.8. The van der Waals surface area contributed by atoms with Gasteiger partial charge in [0.15, 0.2) is 0 Å². The number of ether oxygens (including phenoxy) is 6. The van der Waals surface area contributed by atoms with Crippen molar-refractivity contribution in [2.75, 3.05) is 58.3 Å². The molecular weight excluding hydrogens is 664 g/mol. The number of alkyl carbamates (subject to hydrolysis) is 1. The molecule has 0 heterocycles. The molecule has 0 saturated heterocycles. The lowest BCUT2D eigenvalue weighted by Crippen LogP contribution is -2.53. The molecular formula is C36H54N4O11. The van der Waals surface area contributed by atoms with Crippen molar-refractivity contribution in [3.8, 4) is 11.8 Å². The zero-order valence-corrected chi connectivity index (χ0v) is 30.1. The summed E-state index contributed by atoms with van der Waals surface area (Å²) in [4.78, 5) is 49.4. The van der Waals surface area contributed by atoms with Gasteiger partial charge in [-0.2, -0.15) is 0 Å². The number of hydrogen-bond acceptors (Lipinski definition) is 12. The number of esters is 1. The molecule has 0 spiro atoms. The predicted octanol–water partition coefficient (Wildman–Crippen LogP) is 2.27. The Labute approximate surface area is 300 Å². The Morgan fingerprint density at radius 3 is 2.25 bits per heavy atom. The van der Waals surface area contributed by atoms with Crippen LogP contribution in [0, 0.1) is 35.5 Å². The first kappa shape index (κ1) is 41.6. The first-order chi connectivity index (χ1) is 24.6. The van der Waals surface area contributed by atoms with Gasteiger partial charge in [-0.3, -0.25) is 14.9 Å². The van der Waals surface area contributed by atoms with Crippen molar-refractivity contribution in [1.82, 2.24) is 16.0 Å². The Bertz CT molecular complexity index is 1280. The molecule has 0 aromatic heterocycles. The Balaban J connectivity index is 1.24. The van der Waals surface area contributed by atoms with E-state index in [1.165, 1.54) is 6.92 Å². The Hall–Kier alpha value is -3.78. The number of benzene rings is 1. The molecule has 284 valence electrons. The molecule has 15 nitrogen and oxygen atoms in total. The molecule has 0 aliphatic heterocycles. The lowest BCUT2D eigenvalue weighted by atomic mass is 10.0. The molecule has 3 rings (SSSR count). The standard InChI is InChI=1S/C36H54N4O11/c1-5-49-31(41)22-48-23-47-20-26-12-14-27(15-13-26)39-33(42)25(4)38-34(43)32(24(2)3)40-36(45)50-19-18-46-17-16-37-35(44)51-21-30-28-10-8-6-7-9-11-29(28)30/h12-15,24-25,28-30,32,35,37,44H,5,8-11,16-23H2,1-4H3,(H,38,43)(H,39,42)(H,40,45)/t25-,28-,29+,30?,32-,35?/m0/s1. The summed E-state index contributed by atoms with van der Waals surface area (Å²) in [6.07, 6.45) is 2.20. The highest BCUT2D eigenvalue weighted by Crippen LogP contribution is 2.52. The number of aliphatic hydroxyl groups excluding tert-OH is 1. The summed E-state index contributed by atoms with van der Waals surface area (Å²) in [7, 11) is 0. The van der Waals surface area contributed by atoms with Gasteiger partial charge in [-0.15, -0.1) is 11.8 Å². The number of aliphatic hydroxyl groups is 1. The average molecular weight is 719 g/mol. The highest BCUT2D eigenvalue weighted by Gasteiger charge is 2.48. The topological polar surface area (TPSA) is 192 Å². The maximum atomic E-state index is 13.0. The second-order valence-corrected chi connectivity index (χ2v) is 12.7. The zero-order valence-electron chi connectivity index (χ0n) is 30.1. The minimum atomic E-state index is -1.08. The minimum absolute atomic E-state index is 0.0432. The molecule has 0 bridgehead atoms. The third-order valence-corrected chi connectivity index (χ3v) is 8.47. The Kier molecular flexibility index (Phi) is 18.7. The van der Waals surface area contributed by atoms with Crippen LogP contribution in [0.3, 0.4) is 0 Å². The first-order valence-corrected chi connectivity index (χ1v) is 17.6. The van der Waals surface area contributed by atoms with Crippen LogP contribution in [-0.4, -0.2) is 100 Å². The van der Waals surface area contributed by atoms with E-state index in [1.54, 1.807) is 45.0 Å². The van der Waals surface area contributed by atoms with E-state index in [1.807, 2.05) is 0 Å². The van der Waals surface area contributed by atoms with Gasteiger partial charge in [-0.05, 0) is 68.1 Å². The molecule has 1 saturated carbocycles. The number of amides is 3. The fourth-order valence-corrected chi connectivity index (χ4v) is 5.65. The van der Waals surface area contributed by atoms with Crippen LogP contribution in [0.2, 0.25) is 0 Å². The van der Waals surface area contributed by atoms with Gasteiger partial charge in [0.1, 0.15) is 32.1 Å². The number of fused-ring (bicyclic) bond motifs is 1. The van der Waals surface area contributed by atoms with Crippen molar-refractivity contribution < 1.29 is 52.7 Å². The lowest BCUT2D eigenvalue weighted by Gasteiger charge is -2.23. The van der Waals surface area contributed by atoms with Crippen molar-refractivity contribution in [3.63, 3.8) is 0 Å². The first-order valence-electron chi connectivity index (χ1n) is 17.6. The van der Waals surface area contributed by atoms with Gasteiger partial charge in [-0.1, -0.05) is 26.0 Å². The van der Waals surface area contributed by atoms with Crippen LogP contribution in [0.25, 0.3) is 0 Å². The van der Waals surface area contributed by atoms with E-state index in [-0.39, 0.29) is 52.4 Å². The monoisotopic (exact) mass is 718 g/mol. The number of carbonyl (C=O) groups excluding carboxylic acids is 4. The number of carbonyl (C=O) groups is 4. The Morgan fingerprint density at radius 2 is 1.59 bits per heavy atom. The summed E-state index contributed by atoms with van der Waals surface area (Å²) in [6.45, 7) is 8.22. The summed E-state index contributed by atoms with van der Waals surface area (Å²) in [5.74, 6) is 6.42. The van der Waals surface area contributed by atoms with Crippen molar-refractivity contribution in [1.29, 1.82) is 0 Å². The minimum Gasteiger partial charge on any atom is -0.464 e. The summed E-state index contributed by atoms with van der Waals surface area (Å²) < 4.78 is 31.4. The lowest BCUT2D eigenvalue weighted by molar-refractivity contribution is -0.154. The van der Waals surface area contributed by atoms with Crippen molar-refractivity contribution >= 4 is 29.6 Å². The number of hydrogen-bond donors (Lipinski definition) is 5. The molecule has 3 amide bonds. The maximum Gasteiger partial charge on any atom is 0.407 e. The molecule has 1 aromatic carbocycles. The van der Waals surface area contributed by atoms with Crippen LogP contribution in [0.15, 0.2) is 24.3 Å². The van der Waals surface area contributed by atoms with Gasteiger partial charge in [0, 0.05) is 25.1 Å². The Morgan fingerprint density at radius 1 is 0.882 bits per heavy atom. The van der Waals surface area contributed by atoms with E-state index in [9.17, 15) is 24.3 Å². The molecule has 2 aliphatic rings. The van der Waals surface area contributed by atoms with Gasteiger partial charge >= 0.3 is 12.1 Å². The van der Waals surface area contributed by atoms with Gasteiger partial charge in [-0.25, -0.2) is 9.59 Å². The second kappa shape index (κ2) is 22.9. The summed E-state index contributed by atoms with van der Waals surface area (Å²) >= 11 is 0. The van der Waals surface area contributed by atoms with E-state index in [0.717, 1.165) is 31.2 Å². The third-order valence-electron chi connectivity index (χ3n) is 8.47. The van der Waals surface area contributed by atoms with Crippen LogP contribution >= 0.6 is 0 Å². The largest absolute Gasteiger partial charge is 0.464 e. The van der Waals surface area contributed by atoms with Gasteiger partial charge < -0.3 is 49.5 Å². The van der Waals surface area contributed by atoms with Crippen molar-refractivity contribution in [2.45, 2.75) is 78.5 Å². The predicted molar refractivity (Wildman–Crippen MR) is 186 cm³/mol. The second-order valence-electron chi connectivity index (χ2n) is 12.7. The van der Waals surface area contributed by atoms with E-state index < -0.39 is 42.4 Å². The van der Waals surface area contributed by atoms with Crippen molar-refractivity contribution in [3.05, 3.63) is 29.8 Å². The zero-order chi connectivity index (χ0) is 37.0. The highest BCUT2D eigenvalue weighted by molar-refractivity contribution is 5.98. The van der Waals surface area contributed by atoms with Crippen LogP contribution in [0.4, 0.5) is 10.5 Å². The van der Waals surface area contributed by atoms with Crippen LogP contribution in [0.1, 0.15) is 58.9 Å². The van der Waals surface area contributed by atoms with Crippen LogP contribution in [-0.2, 0) is 49.4 Å². The van der Waals surface area contributed by atoms with E-state index in [2.05, 4.69) is 33.1 Å². The van der Waals surface area contributed by atoms with Crippen LogP contribution < -0.4 is 21.3 Å². The van der Waals surface area contributed by atoms with E-state index in [0.29, 0.717) is 36.6 Å². The van der Waals surface area contributed by atoms with Crippen LogP contribution in [0.5, 0.6) is 0 Å². The third kappa shape index (κ3) is 16.0. The highest BCUT2D eigenvalue weighted by atomic mass is 16.7. The fourth-order valence-electron chi connectivity index (χ4n) is 5.65. The molecule has 6 atom stereocenters. The van der Waals surface area contributed by atoms with E-state index in [4.69, 9.17) is 28.4 Å². The average Bonchev–Trinajstić information content (AvgIpc) is 3.74. The SMILES string of the molecule is CCOC(=O)COCOCc1ccc(NC(=O)[C@H](C)NC(=O)[C@@H](NC(=O)OCCOCCNC(O)OCC2[C@H]3CCC#CCC[C@@H]23)C(C)C)cc1. The van der Waals surface area contributed by atoms with Gasteiger partial charge in [0.2, 0.25) is 18.2 Å². The number of anilines is 1. The van der Waals surface area contributed by atoms with Crippen molar-refractivity contribution in [2.24, 2.45) is 23.7 Å². The summed E-state index contributed by atoms with van der Waals surface area (Å²) in [5.41, 5.74) is 1.33. The molecule has 2 unspecified atom stereocenters. The normalized spacial score (nSPS) is 19.5. The quantitative estimate of drug-likeness (QED) is 0.0481. The maximum absolute atomic E-state index is 13.0. The van der Waals surface area contributed by atoms with Gasteiger partial charge in [0.05, 0.1) is 33.0 Å². The molecule has 0 radical (unpaired) electrons. The molecule has 5 N–H and O–H groups in total. The smallest absolute Gasteiger partial charge is 0.407 e. The summed E-state index contributed by atoms with van der Waals surface area (Å²) in [6, 6.07) is 5.06. The fraction of sp³-hybridized carbons (Fsp3) is 0.667. The molecule has 15 heteroatoms. The molecule has 1 fully saturated rings. The molecule has 51 heavy (non-hydrogen) atoms. The molecule has 1 aromatic rings. The molecule has 2 aliphatic carbocycles. The van der Waals surface area contributed by atoms with E-state index >= 15 is 0 Å². The number of nitrogens with one attached hydrogen (secondary N) is 4.